The van der Waals surface area contributed by atoms with Gasteiger partial charge in [-0.15, -0.1) is 0 Å². The summed E-state index contributed by atoms with van der Waals surface area (Å²) in [5.41, 5.74) is 6.99. The van der Waals surface area contributed by atoms with Gasteiger partial charge < -0.3 is 15.4 Å². The van der Waals surface area contributed by atoms with Gasteiger partial charge in [0.15, 0.2) is 0 Å². The van der Waals surface area contributed by atoms with Crippen LogP contribution in [0.15, 0.2) is 24.3 Å². The Bertz CT molecular complexity index is 331. The number of rotatable bonds is 5. The van der Waals surface area contributed by atoms with Gasteiger partial charge in [0.25, 0.3) is 0 Å². The van der Waals surface area contributed by atoms with Crippen LogP contribution in [0, 0.1) is 0 Å². The van der Waals surface area contributed by atoms with Crippen molar-refractivity contribution >= 4 is 5.69 Å². The molecular weight excluding hydrogens is 212 g/mol. The van der Waals surface area contributed by atoms with Crippen LogP contribution < -0.4 is 15.4 Å². The molecule has 2 rings (SSSR count). The fraction of sp³-hybridized carbons (Fsp3) is 0.571. The molecule has 1 fully saturated rings. The summed E-state index contributed by atoms with van der Waals surface area (Å²) < 4.78 is 5.19. The molecule has 1 saturated carbocycles. The Labute approximate surface area is 104 Å². The van der Waals surface area contributed by atoms with Crippen LogP contribution in [0.1, 0.15) is 25.7 Å². The van der Waals surface area contributed by atoms with Gasteiger partial charge in [0.05, 0.1) is 7.11 Å². The first-order valence-electron chi connectivity index (χ1n) is 6.46. The normalized spacial score (nSPS) is 16.1. The first kappa shape index (κ1) is 12.2. The second-order valence-electron chi connectivity index (χ2n) is 4.62. The van der Waals surface area contributed by atoms with E-state index in [1.54, 1.807) is 7.11 Å². The monoisotopic (exact) mass is 234 g/mol. The maximum Gasteiger partial charge on any atom is 0.119 e. The lowest BCUT2D eigenvalue weighted by Gasteiger charge is -2.30. The third kappa shape index (κ3) is 2.91. The van der Waals surface area contributed by atoms with Gasteiger partial charge in [-0.05, 0) is 37.1 Å². The summed E-state index contributed by atoms with van der Waals surface area (Å²) >= 11 is 0. The zero-order valence-electron chi connectivity index (χ0n) is 10.6. The molecule has 17 heavy (non-hydrogen) atoms. The molecule has 0 aliphatic heterocycles. The van der Waals surface area contributed by atoms with E-state index in [4.69, 9.17) is 10.5 Å². The van der Waals surface area contributed by atoms with Gasteiger partial charge in [0.2, 0.25) is 0 Å². The van der Waals surface area contributed by atoms with Crippen molar-refractivity contribution in [1.29, 1.82) is 0 Å². The van der Waals surface area contributed by atoms with Crippen LogP contribution in [0.3, 0.4) is 0 Å². The summed E-state index contributed by atoms with van der Waals surface area (Å²) in [5, 5.41) is 0. The van der Waals surface area contributed by atoms with Crippen LogP contribution in [-0.2, 0) is 0 Å². The van der Waals surface area contributed by atoms with Gasteiger partial charge in [0.1, 0.15) is 5.75 Å². The lowest BCUT2D eigenvalue weighted by Crippen LogP contribution is -2.37. The molecule has 0 bridgehead atoms. The number of nitrogens with two attached hydrogens (primary N) is 1. The maximum absolute atomic E-state index is 5.72. The minimum atomic E-state index is 0.673. The Morgan fingerprint density at radius 3 is 2.41 bits per heavy atom. The van der Waals surface area contributed by atoms with Crippen molar-refractivity contribution in [3.63, 3.8) is 0 Å². The van der Waals surface area contributed by atoms with E-state index >= 15 is 0 Å². The van der Waals surface area contributed by atoms with E-state index < -0.39 is 0 Å². The van der Waals surface area contributed by atoms with E-state index in [1.807, 2.05) is 12.1 Å². The zero-order chi connectivity index (χ0) is 12.1. The summed E-state index contributed by atoms with van der Waals surface area (Å²) in [7, 11) is 1.70. The van der Waals surface area contributed by atoms with E-state index in [0.29, 0.717) is 12.6 Å². The summed E-state index contributed by atoms with van der Waals surface area (Å²) in [6.07, 6.45) is 5.29. The first-order chi connectivity index (χ1) is 8.35. The Balaban J connectivity index is 2.12. The van der Waals surface area contributed by atoms with E-state index in [9.17, 15) is 0 Å². The number of nitrogens with zero attached hydrogens (tertiary/aromatic N) is 1. The topological polar surface area (TPSA) is 38.5 Å². The third-order valence-corrected chi connectivity index (χ3v) is 3.54. The predicted octanol–water partition coefficient (Wildman–Crippen LogP) is 2.40. The Hall–Kier alpha value is -1.22. The first-order valence-corrected chi connectivity index (χ1v) is 6.46. The standard InChI is InChI=1S/C14H22N2O/c1-17-14-8-6-13(7-9-14)16(11-10-15)12-4-2-3-5-12/h6-9,12H,2-5,10-11,15H2,1H3. The van der Waals surface area contributed by atoms with Crippen molar-refractivity contribution in [1.82, 2.24) is 0 Å². The van der Waals surface area contributed by atoms with Crippen molar-refractivity contribution in [2.24, 2.45) is 5.73 Å². The molecular formula is C14H22N2O. The van der Waals surface area contributed by atoms with Crippen molar-refractivity contribution in [3.8, 4) is 5.75 Å². The molecule has 1 aliphatic rings. The smallest absolute Gasteiger partial charge is 0.119 e. The molecule has 0 radical (unpaired) electrons. The number of hydrogen-bond acceptors (Lipinski definition) is 3. The number of hydrogen-bond donors (Lipinski definition) is 1. The van der Waals surface area contributed by atoms with Crippen molar-refractivity contribution in [3.05, 3.63) is 24.3 Å². The summed E-state index contributed by atoms with van der Waals surface area (Å²) in [5.74, 6) is 0.910. The molecule has 1 aliphatic carbocycles. The van der Waals surface area contributed by atoms with Crippen LogP contribution >= 0.6 is 0 Å². The fourth-order valence-electron chi connectivity index (χ4n) is 2.65. The predicted molar refractivity (Wildman–Crippen MR) is 71.7 cm³/mol. The van der Waals surface area contributed by atoms with Gasteiger partial charge in [-0.3, -0.25) is 0 Å². The Morgan fingerprint density at radius 2 is 1.88 bits per heavy atom. The molecule has 2 N–H and O–H groups in total. The molecule has 0 atom stereocenters. The highest BCUT2D eigenvalue weighted by Gasteiger charge is 2.22. The van der Waals surface area contributed by atoms with Crippen LogP contribution in [0.5, 0.6) is 5.75 Å². The van der Waals surface area contributed by atoms with Crippen LogP contribution in [0.25, 0.3) is 0 Å². The average molecular weight is 234 g/mol. The maximum atomic E-state index is 5.72. The number of benzene rings is 1. The van der Waals surface area contributed by atoms with E-state index in [1.165, 1.54) is 31.4 Å². The van der Waals surface area contributed by atoms with Crippen molar-refractivity contribution < 1.29 is 4.74 Å². The summed E-state index contributed by atoms with van der Waals surface area (Å²) in [6, 6.07) is 8.98. The molecule has 1 aromatic rings. The Kier molecular flexibility index (Phi) is 4.26. The lowest BCUT2D eigenvalue weighted by atomic mass is 10.1. The van der Waals surface area contributed by atoms with Gasteiger partial charge in [0, 0.05) is 24.8 Å². The number of methoxy groups -OCH3 is 1. The highest BCUT2D eigenvalue weighted by atomic mass is 16.5. The van der Waals surface area contributed by atoms with Gasteiger partial charge >= 0.3 is 0 Å². The van der Waals surface area contributed by atoms with Crippen LogP contribution in [0.2, 0.25) is 0 Å². The van der Waals surface area contributed by atoms with Gasteiger partial charge in [-0.2, -0.15) is 0 Å². The van der Waals surface area contributed by atoms with Gasteiger partial charge in [-0.1, -0.05) is 12.8 Å². The number of anilines is 1. The second-order valence-corrected chi connectivity index (χ2v) is 4.62. The fourth-order valence-corrected chi connectivity index (χ4v) is 2.65. The van der Waals surface area contributed by atoms with Crippen LogP contribution in [-0.4, -0.2) is 26.2 Å². The molecule has 0 saturated heterocycles. The molecule has 0 unspecified atom stereocenters. The van der Waals surface area contributed by atoms with Crippen LogP contribution in [0.4, 0.5) is 5.69 Å². The third-order valence-electron chi connectivity index (χ3n) is 3.54. The summed E-state index contributed by atoms with van der Waals surface area (Å²) in [4.78, 5) is 2.45. The van der Waals surface area contributed by atoms with E-state index in [0.717, 1.165) is 12.3 Å². The SMILES string of the molecule is COc1ccc(N(CCN)C2CCCC2)cc1. The van der Waals surface area contributed by atoms with Gasteiger partial charge in [-0.25, -0.2) is 0 Å². The Morgan fingerprint density at radius 1 is 1.24 bits per heavy atom. The zero-order valence-corrected chi connectivity index (χ0v) is 10.6. The van der Waals surface area contributed by atoms with Crippen molar-refractivity contribution in [2.45, 2.75) is 31.7 Å². The second kappa shape index (κ2) is 5.92. The molecule has 3 heteroatoms. The molecule has 0 aromatic heterocycles. The lowest BCUT2D eigenvalue weighted by molar-refractivity contribution is 0.414. The summed E-state index contributed by atoms with van der Waals surface area (Å²) in [6.45, 7) is 1.65. The average Bonchev–Trinajstić information content (AvgIpc) is 2.90. The molecule has 0 amide bonds. The van der Waals surface area contributed by atoms with E-state index in [-0.39, 0.29) is 0 Å². The highest BCUT2D eigenvalue weighted by Crippen LogP contribution is 2.28. The molecule has 0 spiro atoms. The minimum absolute atomic E-state index is 0.673. The molecule has 0 heterocycles. The van der Waals surface area contributed by atoms with Crippen molar-refractivity contribution in [2.75, 3.05) is 25.1 Å². The quantitative estimate of drug-likeness (QED) is 0.850. The molecule has 3 nitrogen and oxygen atoms in total. The molecule has 94 valence electrons. The number of ether oxygens (including phenoxy) is 1. The highest BCUT2D eigenvalue weighted by molar-refractivity contribution is 5.50. The van der Waals surface area contributed by atoms with E-state index in [2.05, 4.69) is 17.0 Å². The molecule has 1 aromatic carbocycles. The largest absolute Gasteiger partial charge is 0.497 e. The minimum Gasteiger partial charge on any atom is -0.497 e.